The van der Waals surface area contributed by atoms with Crippen molar-refractivity contribution in [2.45, 2.75) is 64.0 Å². The Morgan fingerprint density at radius 1 is 1.16 bits per heavy atom. The molecule has 1 aliphatic carbocycles. The summed E-state index contributed by atoms with van der Waals surface area (Å²) < 4.78 is 5.14. The number of hydrogen-bond donors (Lipinski definition) is 1. The van der Waals surface area contributed by atoms with Gasteiger partial charge in [-0.2, -0.15) is 0 Å². The highest BCUT2D eigenvalue weighted by Gasteiger charge is 2.30. The first-order valence-corrected chi connectivity index (χ1v) is 8.27. The Morgan fingerprint density at radius 3 is 2.68 bits per heavy atom. The van der Waals surface area contributed by atoms with Crippen LogP contribution in [0.1, 0.15) is 51.9 Å². The van der Waals surface area contributed by atoms with Crippen LogP contribution in [0.3, 0.4) is 0 Å². The molecule has 1 aliphatic heterocycles. The maximum atomic E-state index is 5.14. The largest absolute Gasteiger partial charge is 0.385 e. The lowest BCUT2D eigenvalue weighted by Gasteiger charge is -2.43. The second-order valence-corrected chi connectivity index (χ2v) is 6.46. The van der Waals surface area contributed by atoms with Crippen LogP contribution in [0.2, 0.25) is 0 Å². The Kier molecular flexibility index (Phi) is 6.62. The summed E-state index contributed by atoms with van der Waals surface area (Å²) >= 11 is 0. The first-order chi connectivity index (χ1) is 9.31. The highest BCUT2D eigenvalue weighted by molar-refractivity contribution is 4.89. The quantitative estimate of drug-likeness (QED) is 0.750. The maximum absolute atomic E-state index is 5.14. The normalized spacial score (nSPS) is 30.6. The number of hydrogen-bond acceptors (Lipinski definition) is 3. The van der Waals surface area contributed by atoms with Gasteiger partial charge in [0.2, 0.25) is 0 Å². The van der Waals surface area contributed by atoms with Gasteiger partial charge in [-0.05, 0) is 45.1 Å². The van der Waals surface area contributed by atoms with Crippen LogP contribution in [0.4, 0.5) is 0 Å². The van der Waals surface area contributed by atoms with Crippen LogP contribution < -0.4 is 5.32 Å². The van der Waals surface area contributed by atoms with Crippen molar-refractivity contribution in [1.29, 1.82) is 0 Å². The summed E-state index contributed by atoms with van der Waals surface area (Å²) in [5, 5.41) is 3.80. The third-order valence-corrected chi connectivity index (χ3v) is 4.99. The second-order valence-electron chi connectivity index (χ2n) is 6.46. The van der Waals surface area contributed by atoms with Gasteiger partial charge in [0.25, 0.3) is 0 Å². The van der Waals surface area contributed by atoms with Gasteiger partial charge >= 0.3 is 0 Å². The Morgan fingerprint density at radius 2 is 1.95 bits per heavy atom. The van der Waals surface area contributed by atoms with Crippen molar-refractivity contribution in [3.05, 3.63) is 0 Å². The summed E-state index contributed by atoms with van der Waals surface area (Å²) in [6.45, 7) is 6.95. The molecule has 2 atom stereocenters. The third-order valence-electron chi connectivity index (χ3n) is 4.99. The number of piperazine rings is 1. The molecule has 0 aromatic rings. The summed E-state index contributed by atoms with van der Waals surface area (Å²) in [6, 6.07) is 1.45. The van der Waals surface area contributed by atoms with Gasteiger partial charge in [-0.25, -0.2) is 0 Å². The second kappa shape index (κ2) is 8.23. The zero-order valence-electron chi connectivity index (χ0n) is 12.9. The highest BCUT2D eigenvalue weighted by atomic mass is 16.5. The Bertz CT molecular complexity index is 241. The molecule has 0 amide bonds. The van der Waals surface area contributed by atoms with Gasteiger partial charge in [0.05, 0.1) is 0 Å². The van der Waals surface area contributed by atoms with E-state index in [1.165, 1.54) is 64.6 Å². The zero-order valence-corrected chi connectivity index (χ0v) is 12.9. The number of nitrogens with zero attached hydrogens (tertiary/aromatic N) is 1. The summed E-state index contributed by atoms with van der Waals surface area (Å²) in [6.07, 6.45) is 9.72. The molecule has 0 bridgehead atoms. The summed E-state index contributed by atoms with van der Waals surface area (Å²) in [7, 11) is 1.80. The van der Waals surface area contributed by atoms with E-state index in [4.69, 9.17) is 4.74 Å². The molecule has 2 rings (SSSR count). The van der Waals surface area contributed by atoms with Gasteiger partial charge < -0.3 is 10.1 Å². The van der Waals surface area contributed by atoms with Crippen LogP contribution in [-0.2, 0) is 4.74 Å². The maximum Gasteiger partial charge on any atom is 0.0462 e. The minimum atomic E-state index is 0.697. The molecule has 3 heteroatoms. The topological polar surface area (TPSA) is 24.5 Å². The van der Waals surface area contributed by atoms with Gasteiger partial charge in [-0.3, -0.25) is 4.90 Å². The number of methoxy groups -OCH3 is 1. The van der Waals surface area contributed by atoms with Crippen molar-refractivity contribution < 1.29 is 4.74 Å². The number of unbranched alkanes of at least 4 members (excludes halogenated alkanes) is 1. The van der Waals surface area contributed by atoms with E-state index in [-0.39, 0.29) is 0 Å². The Labute approximate surface area is 119 Å². The molecule has 3 nitrogen and oxygen atoms in total. The first-order valence-electron chi connectivity index (χ1n) is 8.27. The minimum absolute atomic E-state index is 0.697. The van der Waals surface area contributed by atoms with Crippen molar-refractivity contribution in [3.8, 4) is 0 Å². The van der Waals surface area contributed by atoms with E-state index in [9.17, 15) is 0 Å². The van der Waals surface area contributed by atoms with Gasteiger partial charge in [-0.1, -0.05) is 19.3 Å². The lowest BCUT2D eigenvalue weighted by Crippen LogP contribution is -2.58. The molecular formula is C16H32N2O. The minimum Gasteiger partial charge on any atom is -0.385 e. The average Bonchev–Trinajstić information content (AvgIpc) is 2.46. The smallest absolute Gasteiger partial charge is 0.0462 e. The van der Waals surface area contributed by atoms with E-state index < -0.39 is 0 Å². The fourth-order valence-corrected chi connectivity index (χ4v) is 3.67. The van der Waals surface area contributed by atoms with Crippen LogP contribution in [0, 0.1) is 5.92 Å². The Balaban J connectivity index is 1.74. The van der Waals surface area contributed by atoms with Gasteiger partial charge in [0.1, 0.15) is 0 Å². The standard InChI is InChI=1S/C16H32N2O/c1-14-12-17-16(15-8-4-3-5-9-15)13-18(14)10-6-7-11-19-2/h14-17H,3-13H2,1-2H3. The molecule has 1 heterocycles. The van der Waals surface area contributed by atoms with Gasteiger partial charge in [0.15, 0.2) is 0 Å². The lowest BCUT2D eigenvalue weighted by molar-refractivity contribution is 0.0990. The van der Waals surface area contributed by atoms with E-state index in [0.29, 0.717) is 6.04 Å². The van der Waals surface area contributed by atoms with Crippen molar-refractivity contribution in [2.24, 2.45) is 5.92 Å². The van der Waals surface area contributed by atoms with E-state index in [1.54, 1.807) is 7.11 Å². The highest BCUT2D eigenvalue weighted by Crippen LogP contribution is 2.28. The molecule has 1 saturated carbocycles. The van der Waals surface area contributed by atoms with Crippen molar-refractivity contribution in [3.63, 3.8) is 0 Å². The molecule has 2 aliphatic rings. The summed E-state index contributed by atoms with van der Waals surface area (Å²) in [5.74, 6) is 0.933. The van der Waals surface area contributed by atoms with Crippen molar-refractivity contribution in [2.75, 3.05) is 33.4 Å². The van der Waals surface area contributed by atoms with E-state index in [2.05, 4.69) is 17.1 Å². The van der Waals surface area contributed by atoms with Crippen LogP contribution >= 0.6 is 0 Å². The zero-order chi connectivity index (χ0) is 13.5. The molecule has 2 fully saturated rings. The average molecular weight is 268 g/mol. The number of nitrogens with one attached hydrogen (secondary N) is 1. The fraction of sp³-hybridized carbons (Fsp3) is 1.00. The predicted molar refractivity (Wildman–Crippen MR) is 80.5 cm³/mol. The number of ether oxygens (including phenoxy) is 1. The van der Waals surface area contributed by atoms with Crippen LogP contribution in [0.25, 0.3) is 0 Å². The summed E-state index contributed by atoms with van der Waals surface area (Å²) in [5.41, 5.74) is 0. The molecule has 2 unspecified atom stereocenters. The van der Waals surface area contributed by atoms with Crippen molar-refractivity contribution in [1.82, 2.24) is 10.2 Å². The summed E-state index contributed by atoms with van der Waals surface area (Å²) in [4.78, 5) is 2.70. The molecule has 0 aromatic heterocycles. The molecule has 0 aromatic carbocycles. The van der Waals surface area contributed by atoms with Gasteiger partial charge in [0, 0.05) is 38.9 Å². The van der Waals surface area contributed by atoms with Gasteiger partial charge in [-0.15, -0.1) is 0 Å². The lowest BCUT2D eigenvalue weighted by atomic mass is 9.82. The van der Waals surface area contributed by atoms with Crippen LogP contribution in [-0.4, -0.2) is 50.3 Å². The van der Waals surface area contributed by atoms with E-state index in [0.717, 1.165) is 18.6 Å². The van der Waals surface area contributed by atoms with E-state index >= 15 is 0 Å². The predicted octanol–water partition coefficient (Wildman–Crippen LogP) is 2.66. The molecule has 19 heavy (non-hydrogen) atoms. The molecular weight excluding hydrogens is 236 g/mol. The first kappa shape index (κ1) is 15.3. The Hall–Kier alpha value is -0.120. The SMILES string of the molecule is COCCCCN1CC(C2CCCCC2)NCC1C. The molecule has 112 valence electrons. The number of rotatable bonds is 6. The molecule has 1 saturated heterocycles. The fourth-order valence-electron chi connectivity index (χ4n) is 3.67. The molecule has 1 N–H and O–H groups in total. The molecule has 0 spiro atoms. The van der Waals surface area contributed by atoms with E-state index in [1.807, 2.05) is 0 Å². The van der Waals surface area contributed by atoms with Crippen LogP contribution in [0.15, 0.2) is 0 Å². The third kappa shape index (κ3) is 4.73. The van der Waals surface area contributed by atoms with Crippen LogP contribution in [0.5, 0.6) is 0 Å². The monoisotopic (exact) mass is 268 g/mol. The van der Waals surface area contributed by atoms with Crippen molar-refractivity contribution >= 4 is 0 Å². The molecule has 0 radical (unpaired) electrons.